The van der Waals surface area contributed by atoms with Crippen LogP contribution >= 0.6 is 0 Å². The summed E-state index contributed by atoms with van der Waals surface area (Å²) in [4.78, 5) is 0. The van der Waals surface area contributed by atoms with Crippen molar-refractivity contribution in [2.45, 2.75) is 18.8 Å². The minimum Gasteiger partial charge on any atom is -0.535 e. The summed E-state index contributed by atoms with van der Waals surface area (Å²) in [6, 6.07) is 8.62. The number of hydrogen-bond donors (Lipinski definition) is 1. The van der Waals surface area contributed by atoms with E-state index in [4.69, 9.17) is 0 Å². The van der Waals surface area contributed by atoms with E-state index >= 15 is 0 Å². The fourth-order valence-electron chi connectivity index (χ4n) is 2.49. The summed E-state index contributed by atoms with van der Waals surface area (Å²) in [6.45, 7) is 2.26. The summed E-state index contributed by atoms with van der Waals surface area (Å²) < 4.78 is 0. The van der Waals surface area contributed by atoms with Gasteiger partial charge in [-0.25, -0.2) is 6.54 Å². The number of fused-ring (bicyclic) bond motifs is 3. The van der Waals surface area contributed by atoms with E-state index in [0.717, 1.165) is 0 Å². The van der Waals surface area contributed by atoms with Gasteiger partial charge in [-0.05, 0) is 24.0 Å². The first-order valence-electron chi connectivity index (χ1n) is 5.30. The van der Waals surface area contributed by atoms with Crippen molar-refractivity contribution in [2.75, 3.05) is 5.32 Å². The molecular formula is C13H16NOY-. The molecule has 83 valence electrons. The van der Waals surface area contributed by atoms with E-state index in [0.29, 0.717) is 11.8 Å². The van der Waals surface area contributed by atoms with Crippen molar-refractivity contribution in [3.8, 4) is 0 Å². The van der Waals surface area contributed by atoms with Gasteiger partial charge in [0.05, 0.1) is 0 Å². The maximum absolute atomic E-state index is 3.40. The molecule has 0 bridgehead atoms. The van der Waals surface area contributed by atoms with E-state index in [1.165, 1.54) is 24.1 Å². The molecule has 1 aromatic rings. The Kier molecular flexibility index (Phi) is 5.16. The minimum absolute atomic E-state index is 0. The van der Waals surface area contributed by atoms with Crippen molar-refractivity contribution in [1.82, 2.24) is 0 Å². The van der Waals surface area contributed by atoms with Crippen molar-refractivity contribution < 1.29 is 38.2 Å². The van der Waals surface area contributed by atoms with Gasteiger partial charge in [-0.3, -0.25) is 0 Å². The summed E-state index contributed by atoms with van der Waals surface area (Å²) in [5.41, 5.74) is 2.73. The molecule has 0 aromatic heterocycles. The van der Waals surface area contributed by atoms with Crippen LogP contribution in [0.1, 0.15) is 24.3 Å². The van der Waals surface area contributed by atoms with Gasteiger partial charge in [0.1, 0.15) is 0 Å². The Hall–Kier alpha value is -0.176. The van der Waals surface area contributed by atoms with Crippen LogP contribution in [0.5, 0.6) is 0 Å². The predicted molar refractivity (Wildman–Crippen MR) is 62.6 cm³/mol. The fraction of sp³-hybridized carbons (Fsp3) is 0.308. The number of allylic oxidation sites excluding steroid dienone is 2. The van der Waals surface area contributed by atoms with Crippen molar-refractivity contribution in [3.05, 3.63) is 48.5 Å². The van der Waals surface area contributed by atoms with E-state index in [1.807, 2.05) is 0 Å². The van der Waals surface area contributed by atoms with E-state index in [9.17, 15) is 0 Å². The molecule has 1 heterocycles. The Morgan fingerprint density at radius 1 is 1.25 bits per heavy atom. The first kappa shape index (κ1) is 13.9. The van der Waals surface area contributed by atoms with Crippen LogP contribution in [0.3, 0.4) is 0 Å². The number of anilines is 1. The molecule has 2 atom stereocenters. The molecule has 1 aromatic carbocycles. The molecule has 0 saturated heterocycles. The standard InChI is InChI=1S/C13H14N.H2O.Y/c1-2-6-11-10(5-1)9-14-13-8-4-3-7-12(11)13;;/h2-4,6-11,14H,1,5H2;1H2;/q-1;;. The summed E-state index contributed by atoms with van der Waals surface area (Å²) in [6.07, 6.45) is 7.19. The van der Waals surface area contributed by atoms with Crippen LogP contribution in [-0.2, 0) is 32.7 Å². The van der Waals surface area contributed by atoms with E-state index in [1.54, 1.807) is 0 Å². The van der Waals surface area contributed by atoms with Gasteiger partial charge in [-0.2, -0.15) is 0 Å². The van der Waals surface area contributed by atoms with Gasteiger partial charge in [0, 0.05) is 38.4 Å². The zero-order valence-corrected chi connectivity index (χ0v) is 12.0. The molecule has 3 N–H and O–H groups in total. The number of benzene rings is 1. The zero-order chi connectivity index (χ0) is 9.38. The molecule has 1 aliphatic heterocycles. The average Bonchev–Trinajstić information content (AvgIpc) is 2.29. The van der Waals surface area contributed by atoms with Crippen LogP contribution in [0.2, 0.25) is 0 Å². The van der Waals surface area contributed by atoms with Crippen LogP contribution in [0.4, 0.5) is 5.69 Å². The van der Waals surface area contributed by atoms with Gasteiger partial charge >= 0.3 is 0 Å². The number of nitrogens with one attached hydrogen (secondary N) is 1. The second-order valence-electron chi connectivity index (χ2n) is 4.09. The number of rotatable bonds is 0. The van der Waals surface area contributed by atoms with Crippen molar-refractivity contribution in [1.29, 1.82) is 0 Å². The molecule has 2 aliphatic rings. The van der Waals surface area contributed by atoms with Gasteiger partial charge in [-0.15, -0.1) is 5.92 Å². The Morgan fingerprint density at radius 2 is 2.06 bits per heavy atom. The second-order valence-corrected chi connectivity index (χ2v) is 4.09. The molecule has 3 heteroatoms. The molecule has 0 fully saturated rings. The van der Waals surface area contributed by atoms with E-state index in [2.05, 4.69) is 48.3 Å². The predicted octanol–water partition coefficient (Wildman–Crippen LogP) is 2.50. The molecule has 2 nitrogen and oxygen atoms in total. The van der Waals surface area contributed by atoms with Crippen LogP contribution in [0.15, 0.2) is 36.4 Å². The molecule has 2 unspecified atom stereocenters. The molecule has 16 heavy (non-hydrogen) atoms. The maximum atomic E-state index is 3.40. The fourth-order valence-corrected chi connectivity index (χ4v) is 2.49. The Labute approximate surface area is 122 Å². The van der Waals surface area contributed by atoms with Crippen molar-refractivity contribution in [3.63, 3.8) is 0 Å². The molecule has 0 spiro atoms. The summed E-state index contributed by atoms with van der Waals surface area (Å²) in [5, 5.41) is 3.40. The summed E-state index contributed by atoms with van der Waals surface area (Å²) >= 11 is 0. The Morgan fingerprint density at radius 3 is 2.94 bits per heavy atom. The van der Waals surface area contributed by atoms with Gasteiger partial charge in [0.25, 0.3) is 0 Å². The second kappa shape index (κ2) is 5.95. The molecular weight excluding hydrogens is 275 g/mol. The zero-order valence-electron chi connectivity index (χ0n) is 9.19. The molecule has 0 saturated carbocycles. The summed E-state index contributed by atoms with van der Waals surface area (Å²) in [5.74, 6) is 1.30. The van der Waals surface area contributed by atoms with Gasteiger partial charge in [0.15, 0.2) is 0 Å². The molecule has 3 rings (SSSR count). The van der Waals surface area contributed by atoms with Gasteiger partial charge in [0.2, 0.25) is 0 Å². The summed E-state index contributed by atoms with van der Waals surface area (Å²) in [7, 11) is 0. The SMILES string of the molecule is C1=CC2c3ccccc3N[CH-]C2CC1.O.[Y]. The van der Waals surface area contributed by atoms with Crippen LogP contribution in [0, 0.1) is 12.5 Å². The average molecular weight is 291 g/mol. The monoisotopic (exact) mass is 291 g/mol. The quantitative estimate of drug-likeness (QED) is 0.579. The van der Waals surface area contributed by atoms with E-state index in [-0.39, 0.29) is 38.2 Å². The topological polar surface area (TPSA) is 43.5 Å². The van der Waals surface area contributed by atoms with Crippen LogP contribution in [0.25, 0.3) is 0 Å². The Bertz CT molecular complexity index is 378. The third-order valence-corrected chi connectivity index (χ3v) is 3.24. The first-order valence-corrected chi connectivity index (χ1v) is 5.30. The number of hydrogen-bond acceptors (Lipinski definition) is 1. The largest absolute Gasteiger partial charge is 0.535 e. The van der Waals surface area contributed by atoms with Gasteiger partial charge in [-0.1, -0.05) is 36.8 Å². The maximum Gasteiger partial charge on any atom is 0.00842 e. The minimum atomic E-state index is 0. The molecule has 0 amide bonds. The smallest absolute Gasteiger partial charge is 0.00842 e. The van der Waals surface area contributed by atoms with E-state index < -0.39 is 0 Å². The molecule has 1 aliphatic carbocycles. The normalized spacial score (nSPS) is 25.2. The van der Waals surface area contributed by atoms with Crippen LogP contribution in [-0.4, -0.2) is 5.48 Å². The van der Waals surface area contributed by atoms with Gasteiger partial charge < -0.3 is 10.8 Å². The van der Waals surface area contributed by atoms with Crippen molar-refractivity contribution in [2.24, 2.45) is 5.92 Å². The third kappa shape index (κ3) is 2.39. The first-order chi connectivity index (χ1) is 6.95. The van der Waals surface area contributed by atoms with Crippen molar-refractivity contribution >= 4 is 5.69 Å². The number of para-hydroxylation sites is 1. The third-order valence-electron chi connectivity index (χ3n) is 3.24. The van der Waals surface area contributed by atoms with Crippen LogP contribution < -0.4 is 5.32 Å². The molecule has 1 radical (unpaired) electrons. The Balaban J connectivity index is 0.000000640.